The van der Waals surface area contributed by atoms with Gasteiger partial charge in [0.1, 0.15) is 5.82 Å². The number of sulfone groups is 1. The zero-order chi connectivity index (χ0) is 29.8. The molecule has 3 aromatic rings. The van der Waals surface area contributed by atoms with E-state index in [4.69, 9.17) is 0 Å². The first-order valence-corrected chi connectivity index (χ1v) is 13.9. The fourth-order valence-electron chi connectivity index (χ4n) is 4.17. The van der Waals surface area contributed by atoms with Crippen LogP contribution in [-0.2, 0) is 21.1 Å². The molecule has 3 N–H and O–H groups in total. The van der Waals surface area contributed by atoms with E-state index in [1.807, 2.05) is 12.1 Å². The number of alkyl halides is 3. The molecule has 15 heteroatoms. The number of hydrazine groups is 1. The van der Waals surface area contributed by atoms with Gasteiger partial charge in [0, 0.05) is 30.2 Å². The third-order valence-electron chi connectivity index (χ3n) is 6.26. The van der Waals surface area contributed by atoms with Crippen LogP contribution in [0.15, 0.2) is 67.0 Å². The zero-order valence-electron chi connectivity index (χ0n) is 21.1. The predicted octanol–water partition coefficient (Wildman–Crippen LogP) is 3.08. The number of urea groups is 1. The van der Waals surface area contributed by atoms with E-state index in [1.54, 1.807) is 36.7 Å². The van der Waals surface area contributed by atoms with Crippen LogP contribution < -0.4 is 16.2 Å². The monoisotopic (exact) mass is 593 g/mol. The zero-order valence-corrected chi connectivity index (χ0v) is 21.9. The summed E-state index contributed by atoms with van der Waals surface area (Å²) < 4.78 is 76.4. The van der Waals surface area contributed by atoms with Gasteiger partial charge in [-0.3, -0.25) is 25.4 Å². The second-order valence-corrected chi connectivity index (χ2v) is 11.4. The van der Waals surface area contributed by atoms with Crippen LogP contribution in [0.3, 0.4) is 0 Å². The lowest BCUT2D eigenvalue weighted by atomic mass is 10.0. The maximum Gasteiger partial charge on any atom is 0.472 e. The number of hydrogen-bond donors (Lipinski definition) is 3. The summed E-state index contributed by atoms with van der Waals surface area (Å²) in [5, 5.41) is 2.72. The molecular formula is C26H23F4N5O5S. The number of nitrogens with one attached hydrogen (secondary N) is 3. The van der Waals surface area contributed by atoms with Crippen molar-refractivity contribution in [3.8, 4) is 11.1 Å². The van der Waals surface area contributed by atoms with Crippen molar-refractivity contribution >= 4 is 33.4 Å². The molecule has 41 heavy (non-hydrogen) atoms. The molecule has 0 bridgehead atoms. The van der Waals surface area contributed by atoms with Crippen molar-refractivity contribution in [2.45, 2.75) is 18.6 Å². The average Bonchev–Trinajstić information content (AvgIpc) is 2.92. The van der Waals surface area contributed by atoms with Gasteiger partial charge >= 0.3 is 18.1 Å². The summed E-state index contributed by atoms with van der Waals surface area (Å²) in [6, 6.07) is 12.1. The molecular weight excluding hydrogens is 570 g/mol. The molecule has 4 amide bonds. The van der Waals surface area contributed by atoms with Crippen molar-refractivity contribution in [2.75, 3.05) is 23.4 Å². The highest BCUT2D eigenvalue weighted by molar-refractivity contribution is 7.91. The molecule has 1 aliphatic rings. The van der Waals surface area contributed by atoms with Crippen molar-refractivity contribution in [1.29, 1.82) is 0 Å². The number of halogens is 4. The minimum atomic E-state index is -5.23. The quantitative estimate of drug-likeness (QED) is 0.307. The molecule has 1 unspecified atom stereocenters. The minimum absolute atomic E-state index is 0.0255. The van der Waals surface area contributed by atoms with Gasteiger partial charge in [0.05, 0.1) is 17.5 Å². The molecule has 1 fully saturated rings. The highest BCUT2D eigenvalue weighted by atomic mass is 32.2. The largest absolute Gasteiger partial charge is 0.472 e. The number of benzene rings is 2. The molecule has 1 atom stereocenters. The number of amides is 4. The summed E-state index contributed by atoms with van der Waals surface area (Å²) in [5.74, 6) is -5.26. The lowest BCUT2D eigenvalue weighted by molar-refractivity contribution is -0.174. The van der Waals surface area contributed by atoms with Gasteiger partial charge in [-0.2, -0.15) is 13.2 Å². The number of aromatic nitrogens is 1. The number of carbonyl (C=O) groups is 3. The van der Waals surface area contributed by atoms with E-state index in [0.717, 1.165) is 29.3 Å². The summed E-state index contributed by atoms with van der Waals surface area (Å²) in [5.41, 5.74) is 4.56. The lowest BCUT2D eigenvalue weighted by Crippen LogP contribution is -2.53. The van der Waals surface area contributed by atoms with Gasteiger partial charge in [-0.25, -0.2) is 17.6 Å². The van der Waals surface area contributed by atoms with Crippen molar-refractivity contribution in [3.05, 3.63) is 83.9 Å². The average molecular weight is 594 g/mol. The number of hydrogen-bond acceptors (Lipinski definition) is 6. The fraction of sp³-hybridized carbons (Fsp3) is 0.231. The van der Waals surface area contributed by atoms with E-state index in [2.05, 4.69) is 10.3 Å². The third-order valence-corrected chi connectivity index (χ3v) is 7.96. The molecule has 1 saturated heterocycles. The van der Waals surface area contributed by atoms with Gasteiger partial charge < -0.3 is 10.2 Å². The molecule has 0 aliphatic carbocycles. The Balaban J connectivity index is 1.44. The van der Waals surface area contributed by atoms with Gasteiger partial charge in [-0.15, -0.1) is 0 Å². The van der Waals surface area contributed by atoms with E-state index in [0.29, 0.717) is 5.69 Å². The van der Waals surface area contributed by atoms with E-state index >= 15 is 0 Å². The van der Waals surface area contributed by atoms with E-state index < -0.39 is 57.0 Å². The number of anilines is 1. The summed E-state index contributed by atoms with van der Waals surface area (Å²) >= 11 is 0. The first-order chi connectivity index (χ1) is 19.3. The summed E-state index contributed by atoms with van der Waals surface area (Å²) in [6.07, 6.45) is -2.14. The SMILES string of the molecule is O=C(NNC(=O)C(F)(F)F)c1ccc(CC2CS(=O)(=O)CCN2C(=O)Nc2ccc(-c3ccncc3)cc2)c(F)c1. The van der Waals surface area contributed by atoms with E-state index in [1.165, 1.54) is 15.8 Å². The molecule has 0 radical (unpaired) electrons. The lowest BCUT2D eigenvalue weighted by Gasteiger charge is -2.35. The van der Waals surface area contributed by atoms with Crippen LogP contribution in [-0.4, -0.2) is 66.4 Å². The molecule has 0 saturated carbocycles. The molecule has 1 aliphatic heterocycles. The van der Waals surface area contributed by atoms with Gasteiger partial charge in [-0.05, 0) is 59.5 Å². The Morgan fingerprint density at radius 3 is 2.24 bits per heavy atom. The Labute approximate surface area is 231 Å². The van der Waals surface area contributed by atoms with Gasteiger partial charge in [0.25, 0.3) is 5.91 Å². The predicted molar refractivity (Wildman–Crippen MR) is 140 cm³/mol. The smallest absolute Gasteiger partial charge is 0.319 e. The van der Waals surface area contributed by atoms with Crippen LogP contribution in [0.1, 0.15) is 15.9 Å². The van der Waals surface area contributed by atoms with Crippen LogP contribution in [0.25, 0.3) is 11.1 Å². The van der Waals surface area contributed by atoms with E-state index in [9.17, 15) is 40.4 Å². The van der Waals surface area contributed by atoms with Crippen molar-refractivity contribution < 1.29 is 40.4 Å². The van der Waals surface area contributed by atoms with E-state index in [-0.39, 0.29) is 24.3 Å². The Hall–Kier alpha value is -4.53. The Bertz CT molecular complexity index is 1550. The normalized spacial score (nSPS) is 16.5. The van der Waals surface area contributed by atoms with Gasteiger partial charge in [0.2, 0.25) is 0 Å². The topological polar surface area (TPSA) is 138 Å². The Morgan fingerprint density at radius 1 is 0.951 bits per heavy atom. The number of carbonyl (C=O) groups excluding carboxylic acids is 3. The maximum atomic E-state index is 14.9. The van der Waals surface area contributed by atoms with Crippen LogP contribution in [0.4, 0.5) is 28.0 Å². The molecule has 0 spiro atoms. The van der Waals surface area contributed by atoms with Crippen LogP contribution in [0, 0.1) is 5.82 Å². The summed E-state index contributed by atoms with van der Waals surface area (Å²) in [4.78, 5) is 41.3. The number of pyridine rings is 1. The number of rotatable bonds is 5. The summed E-state index contributed by atoms with van der Waals surface area (Å²) in [7, 11) is -3.54. The van der Waals surface area contributed by atoms with Gasteiger partial charge in [-0.1, -0.05) is 18.2 Å². The van der Waals surface area contributed by atoms with Crippen LogP contribution in [0.5, 0.6) is 0 Å². The van der Waals surface area contributed by atoms with Gasteiger partial charge in [0.15, 0.2) is 9.84 Å². The maximum absolute atomic E-state index is 14.9. The highest BCUT2D eigenvalue weighted by Crippen LogP contribution is 2.23. The second-order valence-electron chi connectivity index (χ2n) is 9.12. The Morgan fingerprint density at radius 2 is 1.61 bits per heavy atom. The highest BCUT2D eigenvalue weighted by Gasteiger charge is 2.39. The minimum Gasteiger partial charge on any atom is -0.319 e. The fourth-order valence-corrected chi connectivity index (χ4v) is 5.70. The first kappa shape index (κ1) is 29.5. The Kier molecular flexibility index (Phi) is 8.56. The number of nitrogens with zero attached hydrogens (tertiary/aromatic N) is 2. The van der Waals surface area contributed by atoms with Crippen LogP contribution in [0.2, 0.25) is 0 Å². The first-order valence-electron chi connectivity index (χ1n) is 12.1. The summed E-state index contributed by atoms with van der Waals surface area (Å²) in [6.45, 7) is -0.130. The van der Waals surface area contributed by atoms with Crippen molar-refractivity contribution in [1.82, 2.24) is 20.7 Å². The second kappa shape index (κ2) is 11.9. The molecule has 2 aromatic carbocycles. The molecule has 216 valence electrons. The third kappa shape index (κ3) is 7.57. The molecule has 10 nitrogen and oxygen atoms in total. The standard InChI is InChI=1S/C26H23F4N5O5S/c27-22-14-19(23(36)33-34-24(37)26(28,29)30)2-1-18(22)13-21-15-41(39,40)12-11-35(21)25(38)32-20-5-3-16(4-6-20)17-7-9-31-10-8-17/h1-10,14,21H,11-13,15H2,(H,32,38)(H,33,36)(H,34,37). The van der Waals surface area contributed by atoms with Crippen LogP contribution >= 0.6 is 0 Å². The molecule has 2 heterocycles. The molecule has 4 rings (SSSR count). The van der Waals surface area contributed by atoms with Crippen molar-refractivity contribution in [3.63, 3.8) is 0 Å². The van der Waals surface area contributed by atoms with Crippen molar-refractivity contribution in [2.24, 2.45) is 0 Å². The molecule has 1 aromatic heterocycles.